The van der Waals surface area contributed by atoms with Gasteiger partial charge < -0.3 is 14.8 Å². The van der Waals surface area contributed by atoms with Gasteiger partial charge in [0.05, 0.1) is 13.2 Å². The minimum Gasteiger partial charge on any atom is -0.494 e. The van der Waals surface area contributed by atoms with E-state index < -0.39 is 5.97 Å². The maximum Gasteiger partial charge on any atom is 0.341 e. The van der Waals surface area contributed by atoms with Crippen molar-refractivity contribution in [3.63, 3.8) is 0 Å². The van der Waals surface area contributed by atoms with Crippen LogP contribution in [0.4, 0.5) is 5.00 Å². The average Bonchev–Trinajstić information content (AvgIpc) is 3.13. The summed E-state index contributed by atoms with van der Waals surface area (Å²) in [5, 5.41) is 5.18. The highest BCUT2D eigenvalue weighted by molar-refractivity contribution is 14.1. The number of benzene rings is 2. The molecule has 0 saturated heterocycles. The normalized spacial score (nSPS) is 10.4. The second-order valence-corrected chi connectivity index (χ2v) is 8.12. The summed E-state index contributed by atoms with van der Waals surface area (Å²) < 4.78 is 11.8. The first-order chi connectivity index (χ1) is 14.0. The molecular formula is C22H20INO4S. The molecule has 150 valence electrons. The van der Waals surface area contributed by atoms with Gasteiger partial charge in [-0.05, 0) is 78.4 Å². The van der Waals surface area contributed by atoms with Gasteiger partial charge in [0.2, 0.25) is 0 Å². The van der Waals surface area contributed by atoms with Gasteiger partial charge in [0.15, 0.2) is 0 Å². The lowest BCUT2D eigenvalue weighted by atomic mass is 10.0. The number of thiophene rings is 1. The van der Waals surface area contributed by atoms with Gasteiger partial charge in [-0.3, -0.25) is 4.79 Å². The number of hydrogen-bond donors (Lipinski definition) is 1. The molecule has 0 atom stereocenters. The Morgan fingerprint density at radius 2 is 1.69 bits per heavy atom. The van der Waals surface area contributed by atoms with Crippen molar-refractivity contribution in [1.29, 1.82) is 0 Å². The molecule has 0 aliphatic carbocycles. The molecule has 0 aliphatic heterocycles. The lowest BCUT2D eigenvalue weighted by Gasteiger charge is -2.09. The van der Waals surface area contributed by atoms with E-state index in [0.717, 1.165) is 20.4 Å². The highest BCUT2D eigenvalue weighted by atomic mass is 127. The number of hydrogen-bond acceptors (Lipinski definition) is 5. The largest absolute Gasteiger partial charge is 0.494 e. The fraction of sp³-hybridized carbons (Fsp3) is 0.182. The van der Waals surface area contributed by atoms with Crippen LogP contribution in [0.5, 0.6) is 5.75 Å². The Balaban J connectivity index is 1.94. The van der Waals surface area contributed by atoms with Gasteiger partial charge in [0, 0.05) is 20.1 Å². The molecule has 1 N–H and O–H groups in total. The Morgan fingerprint density at radius 3 is 2.31 bits per heavy atom. The number of esters is 1. The van der Waals surface area contributed by atoms with Crippen molar-refractivity contribution in [2.45, 2.75) is 13.8 Å². The second-order valence-electron chi connectivity index (χ2n) is 5.99. The molecule has 0 saturated carbocycles. The van der Waals surface area contributed by atoms with Gasteiger partial charge in [-0.15, -0.1) is 11.3 Å². The maximum atomic E-state index is 12.7. The molecule has 0 spiro atoms. The van der Waals surface area contributed by atoms with Crippen molar-refractivity contribution in [3.05, 3.63) is 68.6 Å². The molecule has 5 nitrogen and oxygen atoms in total. The lowest BCUT2D eigenvalue weighted by Crippen LogP contribution is -2.14. The van der Waals surface area contributed by atoms with E-state index in [2.05, 4.69) is 27.9 Å². The Hall–Kier alpha value is -2.39. The molecule has 0 unspecified atom stereocenters. The summed E-state index contributed by atoms with van der Waals surface area (Å²) >= 11 is 3.48. The van der Waals surface area contributed by atoms with E-state index >= 15 is 0 Å². The SMILES string of the molecule is CCOC(=O)c1c(-c2ccc(OCC)cc2)csc1NC(=O)c1ccc(I)cc1. The zero-order valence-electron chi connectivity index (χ0n) is 16.0. The molecule has 2 aromatic carbocycles. The summed E-state index contributed by atoms with van der Waals surface area (Å²) in [7, 11) is 0. The first kappa shape index (κ1) is 21.3. The third-order valence-electron chi connectivity index (χ3n) is 4.08. The van der Waals surface area contributed by atoms with Gasteiger partial charge in [0.1, 0.15) is 16.3 Å². The fourth-order valence-electron chi connectivity index (χ4n) is 2.74. The quantitative estimate of drug-likeness (QED) is 0.313. The van der Waals surface area contributed by atoms with Crippen LogP contribution in [-0.4, -0.2) is 25.1 Å². The molecule has 3 rings (SSSR count). The van der Waals surface area contributed by atoms with Gasteiger partial charge in [-0.25, -0.2) is 4.79 Å². The third kappa shape index (κ3) is 5.16. The van der Waals surface area contributed by atoms with Crippen LogP contribution in [-0.2, 0) is 4.74 Å². The molecule has 0 aliphatic rings. The summed E-state index contributed by atoms with van der Waals surface area (Å²) in [4.78, 5) is 25.3. The van der Waals surface area contributed by atoms with Crippen LogP contribution in [0.15, 0.2) is 53.9 Å². The van der Waals surface area contributed by atoms with E-state index in [1.54, 1.807) is 19.1 Å². The highest BCUT2D eigenvalue weighted by Crippen LogP contribution is 2.37. The first-order valence-electron chi connectivity index (χ1n) is 9.12. The number of anilines is 1. The van der Waals surface area contributed by atoms with Crippen molar-refractivity contribution < 1.29 is 19.1 Å². The standard InChI is InChI=1S/C22H20INO4S/c1-3-27-17-11-7-14(8-12-17)18-13-29-21(19(18)22(26)28-4-2)24-20(25)15-5-9-16(23)10-6-15/h5-13H,3-4H2,1-2H3,(H,24,25). The molecule has 1 heterocycles. The van der Waals surface area contributed by atoms with E-state index in [1.807, 2.05) is 48.7 Å². The molecule has 1 aromatic heterocycles. The first-order valence-corrected chi connectivity index (χ1v) is 11.1. The number of amides is 1. The molecule has 3 aromatic rings. The minimum atomic E-state index is -0.462. The molecule has 7 heteroatoms. The van der Waals surface area contributed by atoms with Crippen LogP contribution in [0.1, 0.15) is 34.6 Å². The van der Waals surface area contributed by atoms with E-state index in [-0.39, 0.29) is 12.5 Å². The van der Waals surface area contributed by atoms with Crippen molar-refractivity contribution in [2.24, 2.45) is 0 Å². The Kier molecular flexibility index (Phi) is 7.27. The van der Waals surface area contributed by atoms with Crippen LogP contribution in [0.3, 0.4) is 0 Å². The zero-order chi connectivity index (χ0) is 20.8. The summed E-state index contributed by atoms with van der Waals surface area (Å²) in [5.41, 5.74) is 2.45. The van der Waals surface area contributed by atoms with Gasteiger partial charge >= 0.3 is 5.97 Å². The predicted octanol–water partition coefficient (Wildman–Crippen LogP) is 5.85. The molecule has 0 radical (unpaired) electrons. The van der Waals surface area contributed by atoms with E-state index in [9.17, 15) is 9.59 Å². The summed E-state index contributed by atoms with van der Waals surface area (Å²) in [6.07, 6.45) is 0. The summed E-state index contributed by atoms with van der Waals surface area (Å²) in [6, 6.07) is 14.7. The van der Waals surface area contributed by atoms with Crippen LogP contribution in [0.2, 0.25) is 0 Å². The fourth-order valence-corrected chi connectivity index (χ4v) is 4.05. The minimum absolute atomic E-state index is 0.252. The van der Waals surface area contributed by atoms with Crippen molar-refractivity contribution in [3.8, 4) is 16.9 Å². The third-order valence-corrected chi connectivity index (χ3v) is 5.69. The topological polar surface area (TPSA) is 64.6 Å². The number of ether oxygens (including phenoxy) is 2. The van der Waals surface area contributed by atoms with Crippen molar-refractivity contribution in [1.82, 2.24) is 0 Å². The summed E-state index contributed by atoms with van der Waals surface area (Å²) in [6.45, 7) is 4.52. The molecule has 29 heavy (non-hydrogen) atoms. The zero-order valence-corrected chi connectivity index (χ0v) is 19.0. The molecule has 0 bridgehead atoms. The predicted molar refractivity (Wildman–Crippen MR) is 124 cm³/mol. The smallest absolute Gasteiger partial charge is 0.341 e. The van der Waals surface area contributed by atoms with Gasteiger partial charge in [-0.2, -0.15) is 0 Å². The second kappa shape index (κ2) is 9.89. The van der Waals surface area contributed by atoms with Gasteiger partial charge in [-0.1, -0.05) is 12.1 Å². The maximum absolute atomic E-state index is 12.7. The Labute approximate surface area is 187 Å². The molecule has 1 amide bonds. The number of nitrogens with one attached hydrogen (secondary N) is 1. The monoisotopic (exact) mass is 521 g/mol. The number of carbonyl (C=O) groups is 2. The van der Waals surface area contributed by atoms with Crippen LogP contribution in [0.25, 0.3) is 11.1 Å². The Bertz CT molecular complexity index is 997. The van der Waals surface area contributed by atoms with Crippen LogP contribution >= 0.6 is 33.9 Å². The van der Waals surface area contributed by atoms with Crippen molar-refractivity contribution in [2.75, 3.05) is 18.5 Å². The van der Waals surface area contributed by atoms with Gasteiger partial charge in [0.25, 0.3) is 5.91 Å². The Morgan fingerprint density at radius 1 is 1.00 bits per heavy atom. The number of halogens is 1. The lowest BCUT2D eigenvalue weighted by molar-refractivity contribution is 0.0529. The highest BCUT2D eigenvalue weighted by Gasteiger charge is 2.23. The average molecular weight is 521 g/mol. The number of carbonyl (C=O) groups excluding carboxylic acids is 2. The van der Waals surface area contributed by atoms with Crippen LogP contribution in [0, 0.1) is 3.57 Å². The van der Waals surface area contributed by atoms with Crippen molar-refractivity contribution >= 4 is 50.8 Å². The number of rotatable bonds is 7. The van der Waals surface area contributed by atoms with Crippen LogP contribution < -0.4 is 10.1 Å². The molecule has 0 fully saturated rings. The van der Waals surface area contributed by atoms with E-state index in [4.69, 9.17) is 9.47 Å². The van der Waals surface area contributed by atoms with E-state index in [1.165, 1.54) is 11.3 Å². The summed E-state index contributed by atoms with van der Waals surface area (Å²) in [5.74, 6) is 0.0268. The van der Waals surface area contributed by atoms with E-state index in [0.29, 0.717) is 22.7 Å². The molecular weight excluding hydrogens is 501 g/mol.